The molecule has 1 amide bonds. The third-order valence-corrected chi connectivity index (χ3v) is 4.32. The minimum Gasteiger partial charge on any atom is -0.477 e. The zero-order chi connectivity index (χ0) is 17.5. The number of hydrogen-bond donors (Lipinski definition) is 1. The molecular formula is C16H15Cl2NO4S. The normalized spacial score (nSPS) is 11.6. The highest BCUT2D eigenvalue weighted by Crippen LogP contribution is 2.28. The number of halogens is 2. The van der Waals surface area contributed by atoms with Crippen molar-refractivity contribution in [2.45, 2.75) is 19.6 Å². The van der Waals surface area contributed by atoms with E-state index in [1.165, 1.54) is 24.3 Å². The van der Waals surface area contributed by atoms with Crippen LogP contribution in [0.25, 0.3) is 0 Å². The molecule has 0 aliphatic heterocycles. The standard InChI is InChI=1S/C16H15Cl2NO4S/c1-10(23-14-5-4-11(17)7-13(14)18)16(21)22-9-15(20)19-8-12-3-2-6-24-12/h2-7,10H,8-9H2,1H3,(H,19,20)/t10-/m0/s1. The van der Waals surface area contributed by atoms with Crippen molar-refractivity contribution in [1.82, 2.24) is 5.32 Å². The SMILES string of the molecule is C[C@H](Oc1ccc(Cl)cc1Cl)C(=O)OCC(=O)NCc1cccs1. The van der Waals surface area contributed by atoms with Gasteiger partial charge in [0.25, 0.3) is 5.91 Å². The summed E-state index contributed by atoms with van der Waals surface area (Å²) in [5.41, 5.74) is 0. The first-order chi connectivity index (χ1) is 11.5. The summed E-state index contributed by atoms with van der Waals surface area (Å²) in [7, 11) is 0. The molecule has 0 saturated heterocycles. The van der Waals surface area contributed by atoms with Gasteiger partial charge >= 0.3 is 5.97 Å². The minimum atomic E-state index is -0.909. The van der Waals surface area contributed by atoms with Crippen molar-refractivity contribution >= 4 is 46.4 Å². The number of benzene rings is 1. The minimum absolute atomic E-state index is 0.288. The first kappa shape index (κ1) is 18.6. The average molecular weight is 388 g/mol. The second-order valence-corrected chi connectivity index (χ2v) is 6.67. The summed E-state index contributed by atoms with van der Waals surface area (Å²) in [5.74, 6) is -0.728. The molecule has 1 heterocycles. The summed E-state index contributed by atoms with van der Waals surface area (Å²) < 4.78 is 10.3. The fraction of sp³-hybridized carbons (Fsp3) is 0.250. The number of carbonyl (C=O) groups is 2. The van der Waals surface area contributed by atoms with Gasteiger partial charge in [0.05, 0.1) is 11.6 Å². The molecule has 2 rings (SSSR count). The third-order valence-electron chi connectivity index (χ3n) is 2.92. The largest absolute Gasteiger partial charge is 0.477 e. The molecule has 1 aromatic heterocycles. The topological polar surface area (TPSA) is 64.6 Å². The lowest BCUT2D eigenvalue weighted by atomic mass is 10.3. The van der Waals surface area contributed by atoms with Gasteiger partial charge in [-0.25, -0.2) is 4.79 Å². The van der Waals surface area contributed by atoms with E-state index < -0.39 is 12.1 Å². The molecule has 0 saturated carbocycles. The van der Waals surface area contributed by atoms with Crippen molar-refractivity contribution in [3.05, 3.63) is 50.6 Å². The maximum absolute atomic E-state index is 11.9. The molecule has 0 fully saturated rings. The summed E-state index contributed by atoms with van der Waals surface area (Å²) in [6, 6.07) is 8.46. The van der Waals surface area contributed by atoms with Gasteiger partial charge in [0, 0.05) is 9.90 Å². The number of thiophene rings is 1. The van der Waals surface area contributed by atoms with Crippen LogP contribution in [0.15, 0.2) is 35.7 Å². The van der Waals surface area contributed by atoms with E-state index in [1.807, 2.05) is 17.5 Å². The van der Waals surface area contributed by atoms with Gasteiger partial charge in [-0.15, -0.1) is 11.3 Å². The Bertz CT molecular complexity index is 706. The van der Waals surface area contributed by atoms with Crippen molar-refractivity contribution < 1.29 is 19.1 Å². The van der Waals surface area contributed by atoms with Gasteiger partial charge in [-0.1, -0.05) is 29.3 Å². The summed E-state index contributed by atoms with van der Waals surface area (Å²) in [4.78, 5) is 24.5. The maximum Gasteiger partial charge on any atom is 0.347 e. The van der Waals surface area contributed by atoms with Crippen LogP contribution in [-0.4, -0.2) is 24.6 Å². The highest BCUT2D eigenvalue weighted by Gasteiger charge is 2.19. The summed E-state index contributed by atoms with van der Waals surface area (Å²) in [5, 5.41) is 5.33. The zero-order valence-corrected chi connectivity index (χ0v) is 15.1. The molecule has 0 bridgehead atoms. The monoisotopic (exact) mass is 387 g/mol. The van der Waals surface area contributed by atoms with E-state index in [-0.39, 0.29) is 17.5 Å². The molecule has 0 radical (unpaired) electrons. The lowest BCUT2D eigenvalue weighted by molar-refractivity contribution is -0.154. The predicted octanol–water partition coefficient (Wildman–Crippen LogP) is 3.68. The fourth-order valence-corrected chi connectivity index (χ4v) is 2.81. The van der Waals surface area contributed by atoms with Crippen LogP contribution in [0, 0.1) is 0 Å². The predicted molar refractivity (Wildman–Crippen MR) is 93.7 cm³/mol. The Morgan fingerprint density at radius 2 is 2.08 bits per heavy atom. The van der Waals surface area contributed by atoms with Crippen LogP contribution in [0.5, 0.6) is 5.75 Å². The van der Waals surface area contributed by atoms with Crippen LogP contribution in [0.2, 0.25) is 10.0 Å². The van der Waals surface area contributed by atoms with E-state index in [2.05, 4.69) is 5.32 Å². The van der Waals surface area contributed by atoms with Crippen molar-refractivity contribution in [2.24, 2.45) is 0 Å². The molecule has 1 atom stereocenters. The van der Waals surface area contributed by atoms with Crippen molar-refractivity contribution in [3.63, 3.8) is 0 Å². The quantitative estimate of drug-likeness (QED) is 0.735. The first-order valence-corrected chi connectivity index (χ1v) is 8.66. The van der Waals surface area contributed by atoms with E-state index in [0.29, 0.717) is 17.3 Å². The zero-order valence-electron chi connectivity index (χ0n) is 12.8. The number of rotatable bonds is 7. The van der Waals surface area contributed by atoms with Crippen LogP contribution in [0.3, 0.4) is 0 Å². The molecule has 1 N–H and O–H groups in total. The van der Waals surface area contributed by atoms with E-state index >= 15 is 0 Å². The molecule has 0 aliphatic carbocycles. The number of hydrogen-bond acceptors (Lipinski definition) is 5. The average Bonchev–Trinajstić information content (AvgIpc) is 3.06. The molecule has 0 aliphatic rings. The Morgan fingerprint density at radius 3 is 2.75 bits per heavy atom. The second kappa shape index (κ2) is 8.92. The van der Waals surface area contributed by atoms with Crippen LogP contribution >= 0.6 is 34.5 Å². The molecule has 0 unspecified atom stereocenters. The number of esters is 1. The molecule has 8 heteroatoms. The third kappa shape index (κ3) is 5.70. The van der Waals surface area contributed by atoms with Crippen LogP contribution in [0.1, 0.15) is 11.8 Å². The highest BCUT2D eigenvalue weighted by molar-refractivity contribution is 7.09. The Kier molecular flexibility index (Phi) is 6.90. The van der Waals surface area contributed by atoms with Crippen LogP contribution in [-0.2, 0) is 20.9 Å². The van der Waals surface area contributed by atoms with Crippen molar-refractivity contribution in [2.75, 3.05) is 6.61 Å². The molecule has 128 valence electrons. The van der Waals surface area contributed by atoms with Gasteiger partial charge in [-0.2, -0.15) is 0 Å². The van der Waals surface area contributed by atoms with Crippen LogP contribution in [0.4, 0.5) is 0 Å². The fourth-order valence-electron chi connectivity index (χ4n) is 1.71. The van der Waals surface area contributed by atoms with Crippen molar-refractivity contribution in [1.29, 1.82) is 0 Å². The van der Waals surface area contributed by atoms with E-state index in [1.54, 1.807) is 12.1 Å². The van der Waals surface area contributed by atoms with E-state index in [4.69, 9.17) is 32.7 Å². The van der Waals surface area contributed by atoms with Gasteiger partial charge in [-0.05, 0) is 36.6 Å². The number of amides is 1. The number of carbonyl (C=O) groups excluding carboxylic acids is 2. The molecule has 2 aromatic rings. The van der Waals surface area contributed by atoms with Gasteiger partial charge < -0.3 is 14.8 Å². The lowest BCUT2D eigenvalue weighted by Gasteiger charge is -2.15. The van der Waals surface area contributed by atoms with E-state index in [9.17, 15) is 9.59 Å². The van der Waals surface area contributed by atoms with Crippen molar-refractivity contribution in [3.8, 4) is 5.75 Å². The highest BCUT2D eigenvalue weighted by atomic mass is 35.5. The maximum atomic E-state index is 11.9. The number of ether oxygens (including phenoxy) is 2. The Labute approximate surface area is 153 Å². The van der Waals surface area contributed by atoms with Gasteiger partial charge in [0.15, 0.2) is 12.7 Å². The van der Waals surface area contributed by atoms with E-state index in [0.717, 1.165) is 4.88 Å². The van der Waals surface area contributed by atoms with Gasteiger partial charge in [-0.3, -0.25) is 4.79 Å². The van der Waals surface area contributed by atoms with Gasteiger partial charge in [0.2, 0.25) is 0 Å². The molecule has 5 nitrogen and oxygen atoms in total. The smallest absolute Gasteiger partial charge is 0.347 e. The summed E-state index contributed by atoms with van der Waals surface area (Å²) >= 11 is 13.3. The molecule has 0 spiro atoms. The lowest BCUT2D eigenvalue weighted by Crippen LogP contribution is -2.32. The summed E-state index contributed by atoms with van der Waals surface area (Å²) in [6.07, 6.45) is -0.909. The molecular weight excluding hydrogens is 373 g/mol. The first-order valence-electron chi connectivity index (χ1n) is 7.03. The van der Waals surface area contributed by atoms with Gasteiger partial charge in [0.1, 0.15) is 5.75 Å². The Balaban J connectivity index is 1.75. The Morgan fingerprint density at radius 1 is 1.29 bits per heavy atom. The summed E-state index contributed by atoms with van der Waals surface area (Å²) in [6.45, 7) is 1.55. The van der Waals surface area contributed by atoms with Crippen LogP contribution < -0.4 is 10.1 Å². The number of nitrogens with one attached hydrogen (secondary N) is 1. The second-order valence-electron chi connectivity index (χ2n) is 4.80. The Hall–Kier alpha value is -1.76. The molecule has 1 aromatic carbocycles. The molecule has 24 heavy (non-hydrogen) atoms.